The molecule has 2 aromatic rings. The van der Waals surface area contributed by atoms with Crippen LogP contribution in [0.5, 0.6) is 0 Å². The number of ether oxygens (including phenoxy) is 1. The minimum absolute atomic E-state index is 0.186. The van der Waals surface area contributed by atoms with Crippen molar-refractivity contribution in [2.24, 2.45) is 12.8 Å². The van der Waals surface area contributed by atoms with Crippen molar-refractivity contribution in [3.8, 4) is 0 Å². The SMILES string of the molecule is Cn1c(COCC(F)(F)F)nc2c(CN)cccc21. The molecular weight excluding hydrogens is 259 g/mol. The quantitative estimate of drug-likeness (QED) is 0.928. The fourth-order valence-corrected chi connectivity index (χ4v) is 1.87. The first-order valence-corrected chi connectivity index (χ1v) is 5.70. The van der Waals surface area contributed by atoms with Gasteiger partial charge in [0, 0.05) is 13.6 Å². The third-order valence-electron chi connectivity index (χ3n) is 2.80. The third kappa shape index (κ3) is 3.05. The molecule has 0 radical (unpaired) electrons. The summed E-state index contributed by atoms with van der Waals surface area (Å²) in [6.45, 7) is -1.13. The zero-order valence-corrected chi connectivity index (χ0v) is 10.4. The Morgan fingerprint density at radius 2 is 2.11 bits per heavy atom. The van der Waals surface area contributed by atoms with Gasteiger partial charge < -0.3 is 15.0 Å². The lowest BCUT2D eigenvalue weighted by Crippen LogP contribution is -2.17. The van der Waals surface area contributed by atoms with E-state index < -0.39 is 12.8 Å². The van der Waals surface area contributed by atoms with Gasteiger partial charge in [0.25, 0.3) is 0 Å². The monoisotopic (exact) mass is 273 g/mol. The second-order valence-electron chi connectivity index (χ2n) is 4.18. The van der Waals surface area contributed by atoms with Crippen LogP contribution >= 0.6 is 0 Å². The molecule has 7 heteroatoms. The van der Waals surface area contributed by atoms with E-state index in [-0.39, 0.29) is 6.61 Å². The van der Waals surface area contributed by atoms with Gasteiger partial charge in [-0.05, 0) is 11.6 Å². The predicted octanol–water partition coefficient (Wildman–Crippen LogP) is 2.11. The second-order valence-corrected chi connectivity index (χ2v) is 4.18. The number of hydrogen-bond donors (Lipinski definition) is 1. The highest BCUT2D eigenvalue weighted by atomic mass is 19.4. The van der Waals surface area contributed by atoms with E-state index in [1.165, 1.54) is 0 Å². The van der Waals surface area contributed by atoms with Gasteiger partial charge in [-0.2, -0.15) is 13.2 Å². The standard InChI is InChI=1S/C12H14F3N3O/c1-18-9-4-2-3-8(5-16)11(9)17-10(18)6-19-7-12(13,14)15/h2-4H,5-7,16H2,1H3. The molecule has 4 nitrogen and oxygen atoms in total. The van der Waals surface area contributed by atoms with Crippen LogP contribution in [0.25, 0.3) is 11.0 Å². The van der Waals surface area contributed by atoms with Crippen molar-refractivity contribution in [2.45, 2.75) is 19.3 Å². The first-order chi connectivity index (χ1) is 8.92. The molecule has 0 bridgehead atoms. The summed E-state index contributed by atoms with van der Waals surface area (Å²) in [6, 6.07) is 5.52. The van der Waals surface area contributed by atoms with Gasteiger partial charge in [0.2, 0.25) is 0 Å². The summed E-state index contributed by atoms with van der Waals surface area (Å²) in [4.78, 5) is 4.29. The van der Waals surface area contributed by atoms with Crippen LogP contribution in [-0.2, 0) is 24.9 Å². The van der Waals surface area contributed by atoms with Crippen LogP contribution in [-0.4, -0.2) is 22.3 Å². The summed E-state index contributed by atoms with van der Waals surface area (Å²) in [7, 11) is 1.74. The van der Waals surface area contributed by atoms with Gasteiger partial charge in [0.15, 0.2) is 0 Å². The number of rotatable bonds is 4. The summed E-state index contributed by atoms with van der Waals surface area (Å²) < 4.78 is 42.4. The van der Waals surface area contributed by atoms with Gasteiger partial charge in [-0.25, -0.2) is 4.98 Å². The molecule has 2 rings (SSSR count). The van der Waals surface area contributed by atoms with Gasteiger partial charge in [-0.1, -0.05) is 12.1 Å². The number of aryl methyl sites for hydroxylation is 1. The number of benzene rings is 1. The number of para-hydroxylation sites is 1. The molecule has 0 spiro atoms. The number of aromatic nitrogens is 2. The van der Waals surface area contributed by atoms with Crippen LogP contribution < -0.4 is 5.73 Å². The Kier molecular flexibility index (Phi) is 3.77. The number of hydrogen-bond acceptors (Lipinski definition) is 3. The van der Waals surface area contributed by atoms with Crippen molar-refractivity contribution in [3.63, 3.8) is 0 Å². The maximum atomic E-state index is 12.0. The van der Waals surface area contributed by atoms with E-state index in [9.17, 15) is 13.2 Å². The molecule has 0 aliphatic heterocycles. The molecule has 0 amide bonds. The second kappa shape index (κ2) is 5.18. The van der Waals surface area contributed by atoms with Crippen molar-refractivity contribution in [1.29, 1.82) is 0 Å². The van der Waals surface area contributed by atoms with Crippen molar-refractivity contribution < 1.29 is 17.9 Å². The van der Waals surface area contributed by atoms with Crippen molar-refractivity contribution in [3.05, 3.63) is 29.6 Å². The molecule has 0 aliphatic carbocycles. The molecule has 0 fully saturated rings. The number of nitrogens with zero attached hydrogens (tertiary/aromatic N) is 2. The Hall–Kier alpha value is -1.60. The van der Waals surface area contributed by atoms with Crippen LogP contribution in [0.1, 0.15) is 11.4 Å². The van der Waals surface area contributed by atoms with E-state index in [4.69, 9.17) is 5.73 Å². The minimum atomic E-state index is -4.33. The third-order valence-corrected chi connectivity index (χ3v) is 2.80. The zero-order valence-electron chi connectivity index (χ0n) is 10.4. The van der Waals surface area contributed by atoms with Crippen LogP contribution in [0.3, 0.4) is 0 Å². The summed E-state index contributed by atoms with van der Waals surface area (Å²) in [5.41, 5.74) is 7.99. The number of fused-ring (bicyclic) bond motifs is 1. The van der Waals surface area contributed by atoms with Gasteiger partial charge >= 0.3 is 6.18 Å². The Labute approximate surface area is 108 Å². The summed E-state index contributed by atoms with van der Waals surface area (Å²) in [5, 5.41) is 0. The van der Waals surface area contributed by atoms with E-state index in [0.29, 0.717) is 17.9 Å². The van der Waals surface area contributed by atoms with Crippen LogP contribution in [0.2, 0.25) is 0 Å². The highest BCUT2D eigenvalue weighted by Gasteiger charge is 2.27. The maximum absolute atomic E-state index is 12.0. The van der Waals surface area contributed by atoms with Crippen molar-refractivity contribution in [1.82, 2.24) is 9.55 Å². The lowest BCUT2D eigenvalue weighted by molar-refractivity contribution is -0.177. The van der Waals surface area contributed by atoms with E-state index >= 15 is 0 Å². The lowest BCUT2D eigenvalue weighted by atomic mass is 10.2. The topological polar surface area (TPSA) is 53.1 Å². The zero-order chi connectivity index (χ0) is 14.0. The molecule has 0 aliphatic rings. The van der Waals surface area contributed by atoms with Gasteiger partial charge in [0.05, 0.1) is 11.0 Å². The Bertz CT molecular complexity index is 577. The molecule has 1 aromatic carbocycles. The number of halogens is 3. The Morgan fingerprint density at radius 3 is 2.74 bits per heavy atom. The van der Waals surface area contributed by atoms with E-state index in [1.807, 2.05) is 18.2 Å². The predicted molar refractivity (Wildman–Crippen MR) is 64.3 cm³/mol. The van der Waals surface area contributed by atoms with Crippen molar-refractivity contribution >= 4 is 11.0 Å². The molecular formula is C12H14F3N3O. The normalized spacial score (nSPS) is 12.3. The first-order valence-electron chi connectivity index (χ1n) is 5.70. The molecule has 0 saturated heterocycles. The van der Waals surface area contributed by atoms with E-state index in [0.717, 1.165) is 11.1 Å². The number of imidazole rings is 1. The van der Waals surface area contributed by atoms with E-state index in [2.05, 4.69) is 9.72 Å². The van der Waals surface area contributed by atoms with Crippen molar-refractivity contribution in [2.75, 3.05) is 6.61 Å². The first kappa shape index (κ1) is 13.8. The van der Waals surface area contributed by atoms with E-state index in [1.54, 1.807) is 11.6 Å². The average Bonchev–Trinajstić information content (AvgIpc) is 2.65. The average molecular weight is 273 g/mol. The summed E-state index contributed by atoms with van der Waals surface area (Å²) in [6.07, 6.45) is -4.33. The summed E-state index contributed by atoms with van der Waals surface area (Å²) >= 11 is 0. The molecule has 0 unspecified atom stereocenters. The molecule has 104 valence electrons. The fourth-order valence-electron chi connectivity index (χ4n) is 1.87. The molecule has 0 saturated carbocycles. The Morgan fingerprint density at radius 1 is 1.37 bits per heavy atom. The highest BCUT2D eigenvalue weighted by molar-refractivity contribution is 5.79. The fraction of sp³-hybridized carbons (Fsp3) is 0.417. The highest BCUT2D eigenvalue weighted by Crippen LogP contribution is 2.20. The smallest absolute Gasteiger partial charge is 0.364 e. The van der Waals surface area contributed by atoms with Gasteiger partial charge in [-0.15, -0.1) is 0 Å². The van der Waals surface area contributed by atoms with Gasteiger partial charge in [-0.3, -0.25) is 0 Å². The van der Waals surface area contributed by atoms with Crippen LogP contribution in [0.4, 0.5) is 13.2 Å². The lowest BCUT2D eigenvalue weighted by Gasteiger charge is -2.07. The Balaban J connectivity index is 2.22. The molecule has 1 aromatic heterocycles. The minimum Gasteiger partial charge on any atom is -0.364 e. The van der Waals surface area contributed by atoms with Crippen LogP contribution in [0, 0.1) is 0 Å². The summed E-state index contributed by atoms with van der Waals surface area (Å²) in [5.74, 6) is 0.445. The molecule has 2 N–H and O–H groups in total. The molecule has 19 heavy (non-hydrogen) atoms. The number of nitrogens with two attached hydrogens (primary N) is 1. The largest absolute Gasteiger partial charge is 0.411 e. The number of alkyl halides is 3. The maximum Gasteiger partial charge on any atom is 0.411 e. The molecule has 1 heterocycles. The van der Waals surface area contributed by atoms with Crippen LogP contribution in [0.15, 0.2) is 18.2 Å². The molecule has 0 atom stereocenters. The van der Waals surface area contributed by atoms with Gasteiger partial charge in [0.1, 0.15) is 19.0 Å².